The number of aromatic nitrogens is 2. The number of rotatable bonds is 5. The maximum Gasteiger partial charge on any atom is 0.340 e. The van der Waals surface area contributed by atoms with Crippen LogP contribution in [0.15, 0.2) is 57.8 Å². The lowest BCUT2D eigenvalue weighted by atomic mass is 10.1. The lowest BCUT2D eigenvalue weighted by molar-refractivity contribution is 0.0276. The summed E-state index contributed by atoms with van der Waals surface area (Å²) in [4.78, 5) is 13.3. The third-order valence-corrected chi connectivity index (χ3v) is 4.49. The molecule has 3 rings (SSSR count). The molecule has 3 aromatic rings. The van der Waals surface area contributed by atoms with Crippen molar-refractivity contribution in [1.82, 2.24) is 10.2 Å². The fraction of sp³-hybridized carbons (Fsp3) is 0.211. The summed E-state index contributed by atoms with van der Waals surface area (Å²) in [6.45, 7) is 3.73. The molecule has 0 bridgehead atoms. The largest absolute Gasteiger partial charge is 0.449 e. The fourth-order valence-electron chi connectivity index (χ4n) is 2.30. The first-order chi connectivity index (χ1) is 12.1. The first-order valence-electron chi connectivity index (χ1n) is 7.83. The van der Waals surface area contributed by atoms with Crippen LogP contribution in [0, 0.1) is 6.92 Å². The molecule has 128 valence electrons. The quantitative estimate of drug-likeness (QED) is 0.489. The van der Waals surface area contributed by atoms with Crippen LogP contribution in [-0.2, 0) is 4.74 Å². The van der Waals surface area contributed by atoms with Crippen molar-refractivity contribution in [2.75, 3.05) is 6.26 Å². The van der Waals surface area contributed by atoms with Crippen molar-refractivity contribution in [3.05, 3.63) is 65.5 Å². The van der Waals surface area contributed by atoms with Gasteiger partial charge in [0.15, 0.2) is 6.10 Å². The average molecular weight is 354 g/mol. The Labute approximate surface area is 150 Å². The van der Waals surface area contributed by atoms with Gasteiger partial charge in [-0.05, 0) is 44.4 Å². The van der Waals surface area contributed by atoms with Crippen LogP contribution in [0.1, 0.15) is 34.8 Å². The predicted molar refractivity (Wildman–Crippen MR) is 96.5 cm³/mol. The highest BCUT2D eigenvalue weighted by Crippen LogP contribution is 2.25. The standard InChI is InChI=1S/C19H18N2O3S/c1-12-8-10-14(11-9-12)18-21-20-17(24-18)13(2)23-19(22)15-6-4-5-7-16(15)25-3/h4-11,13H,1-3H3/t13-/m1/s1. The SMILES string of the molecule is CSc1ccccc1C(=O)O[C@H](C)c1nnc(-c2ccc(C)cc2)o1. The molecule has 0 aliphatic rings. The molecule has 0 amide bonds. The van der Waals surface area contributed by atoms with Gasteiger partial charge in [0.1, 0.15) is 0 Å². The summed E-state index contributed by atoms with van der Waals surface area (Å²) in [5.74, 6) is 0.264. The summed E-state index contributed by atoms with van der Waals surface area (Å²) in [5.41, 5.74) is 2.51. The molecule has 1 heterocycles. The zero-order valence-electron chi connectivity index (χ0n) is 14.2. The molecule has 0 fully saturated rings. The molecule has 0 radical (unpaired) electrons. The minimum atomic E-state index is -0.630. The molecule has 25 heavy (non-hydrogen) atoms. The van der Waals surface area contributed by atoms with E-state index in [0.29, 0.717) is 11.5 Å². The van der Waals surface area contributed by atoms with Gasteiger partial charge in [0.05, 0.1) is 5.56 Å². The molecule has 0 saturated heterocycles. The second kappa shape index (κ2) is 7.53. The number of aryl methyl sites for hydroxylation is 1. The van der Waals surface area contributed by atoms with Gasteiger partial charge in [0, 0.05) is 10.5 Å². The van der Waals surface area contributed by atoms with E-state index in [0.717, 1.165) is 16.0 Å². The second-order valence-corrected chi connectivity index (χ2v) is 6.41. The van der Waals surface area contributed by atoms with Gasteiger partial charge in [0.2, 0.25) is 5.89 Å². The number of hydrogen-bond donors (Lipinski definition) is 0. The predicted octanol–water partition coefficient (Wildman–Crippen LogP) is 4.68. The minimum Gasteiger partial charge on any atom is -0.449 e. The second-order valence-electron chi connectivity index (χ2n) is 5.56. The van der Waals surface area contributed by atoms with E-state index in [2.05, 4.69) is 10.2 Å². The van der Waals surface area contributed by atoms with Crippen LogP contribution < -0.4 is 0 Å². The van der Waals surface area contributed by atoms with Gasteiger partial charge in [0.25, 0.3) is 5.89 Å². The Kier molecular flexibility index (Phi) is 5.19. The molecular weight excluding hydrogens is 336 g/mol. The van der Waals surface area contributed by atoms with Gasteiger partial charge in [-0.25, -0.2) is 4.79 Å². The van der Waals surface area contributed by atoms with Gasteiger partial charge in [-0.2, -0.15) is 0 Å². The number of esters is 1. The van der Waals surface area contributed by atoms with E-state index in [-0.39, 0.29) is 5.89 Å². The summed E-state index contributed by atoms with van der Waals surface area (Å²) in [7, 11) is 0. The summed E-state index contributed by atoms with van der Waals surface area (Å²) in [6, 6.07) is 15.1. The molecule has 0 N–H and O–H groups in total. The van der Waals surface area contributed by atoms with E-state index in [9.17, 15) is 4.79 Å². The van der Waals surface area contributed by atoms with E-state index in [1.54, 1.807) is 13.0 Å². The van der Waals surface area contributed by atoms with E-state index in [1.807, 2.05) is 55.6 Å². The van der Waals surface area contributed by atoms with E-state index < -0.39 is 12.1 Å². The van der Waals surface area contributed by atoms with Crippen molar-refractivity contribution >= 4 is 17.7 Å². The third-order valence-electron chi connectivity index (χ3n) is 3.70. The lowest BCUT2D eigenvalue weighted by Crippen LogP contribution is -2.10. The normalized spacial score (nSPS) is 12.0. The molecular formula is C19H18N2O3S. The first-order valence-corrected chi connectivity index (χ1v) is 9.05. The molecule has 0 aliphatic carbocycles. The number of ether oxygens (including phenoxy) is 1. The maximum absolute atomic E-state index is 12.4. The smallest absolute Gasteiger partial charge is 0.340 e. The summed E-state index contributed by atoms with van der Waals surface area (Å²) in [6.07, 6.45) is 1.29. The maximum atomic E-state index is 12.4. The molecule has 0 spiro atoms. The third kappa shape index (κ3) is 3.91. The summed E-state index contributed by atoms with van der Waals surface area (Å²) in [5, 5.41) is 8.04. The summed E-state index contributed by atoms with van der Waals surface area (Å²) < 4.78 is 11.1. The van der Waals surface area contributed by atoms with Crippen molar-refractivity contribution in [3.63, 3.8) is 0 Å². The van der Waals surface area contributed by atoms with Crippen molar-refractivity contribution < 1.29 is 13.9 Å². The van der Waals surface area contributed by atoms with Crippen molar-refractivity contribution in [2.45, 2.75) is 24.8 Å². The van der Waals surface area contributed by atoms with Gasteiger partial charge >= 0.3 is 5.97 Å². The Balaban J connectivity index is 1.74. The minimum absolute atomic E-state index is 0.269. The Morgan fingerprint density at radius 1 is 1.12 bits per heavy atom. The van der Waals surface area contributed by atoms with E-state index in [1.165, 1.54) is 11.8 Å². The van der Waals surface area contributed by atoms with E-state index in [4.69, 9.17) is 9.15 Å². The van der Waals surface area contributed by atoms with Crippen molar-refractivity contribution in [2.24, 2.45) is 0 Å². The molecule has 5 nitrogen and oxygen atoms in total. The molecule has 6 heteroatoms. The van der Waals surface area contributed by atoms with Crippen LogP contribution in [0.25, 0.3) is 11.5 Å². The Hall–Kier alpha value is -2.60. The van der Waals surface area contributed by atoms with Crippen LogP contribution >= 0.6 is 11.8 Å². The highest BCUT2D eigenvalue weighted by Gasteiger charge is 2.21. The topological polar surface area (TPSA) is 65.2 Å². The molecule has 0 unspecified atom stereocenters. The monoisotopic (exact) mass is 354 g/mol. The van der Waals surface area contributed by atoms with Gasteiger partial charge < -0.3 is 9.15 Å². The van der Waals surface area contributed by atoms with Crippen molar-refractivity contribution in [1.29, 1.82) is 0 Å². The van der Waals surface area contributed by atoms with Crippen LogP contribution in [0.5, 0.6) is 0 Å². The number of benzene rings is 2. The number of thioether (sulfide) groups is 1. The fourth-order valence-corrected chi connectivity index (χ4v) is 2.89. The van der Waals surface area contributed by atoms with Crippen LogP contribution in [0.3, 0.4) is 0 Å². The molecule has 2 aromatic carbocycles. The molecule has 1 atom stereocenters. The Morgan fingerprint density at radius 2 is 1.84 bits per heavy atom. The van der Waals surface area contributed by atoms with Gasteiger partial charge in [-0.1, -0.05) is 29.8 Å². The number of nitrogens with zero attached hydrogens (tertiary/aromatic N) is 2. The van der Waals surface area contributed by atoms with Gasteiger partial charge in [-0.15, -0.1) is 22.0 Å². The van der Waals surface area contributed by atoms with Crippen LogP contribution in [0.4, 0.5) is 0 Å². The molecule has 1 aromatic heterocycles. The van der Waals surface area contributed by atoms with Gasteiger partial charge in [-0.3, -0.25) is 0 Å². The highest BCUT2D eigenvalue weighted by molar-refractivity contribution is 7.98. The molecule has 0 aliphatic heterocycles. The number of carbonyl (C=O) groups is 1. The zero-order valence-corrected chi connectivity index (χ0v) is 15.0. The molecule has 0 saturated carbocycles. The first kappa shape index (κ1) is 17.2. The van der Waals surface area contributed by atoms with E-state index >= 15 is 0 Å². The number of carbonyl (C=O) groups excluding carboxylic acids is 1. The highest BCUT2D eigenvalue weighted by atomic mass is 32.2. The van der Waals surface area contributed by atoms with Crippen molar-refractivity contribution in [3.8, 4) is 11.5 Å². The average Bonchev–Trinajstić information content (AvgIpc) is 3.12. The lowest BCUT2D eigenvalue weighted by Gasteiger charge is -2.11. The summed E-state index contributed by atoms with van der Waals surface area (Å²) >= 11 is 1.50. The Bertz CT molecular complexity index is 874. The number of hydrogen-bond acceptors (Lipinski definition) is 6. The Morgan fingerprint density at radius 3 is 2.56 bits per heavy atom. The van der Waals surface area contributed by atoms with Crippen LogP contribution in [0.2, 0.25) is 0 Å². The zero-order chi connectivity index (χ0) is 17.8. The van der Waals surface area contributed by atoms with Crippen LogP contribution in [-0.4, -0.2) is 22.4 Å².